The van der Waals surface area contributed by atoms with E-state index in [-0.39, 0.29) is 31.4 Å². The van der Waals surface area contributed by atoms with E-state index in [1.165, 1.54) is 0 Å². The summed E-state index contributed by atoms with van der Waals surface area (Å²) in [7, 11) is 0. The normalized spacial score (nSPS) is 11.6. The quantitative estimate of drug-likeness (QED) is 0.584. The Kier molecular flexibility index (Phi) is 3.84. The summed E-state index contributed by atoms with van der Waals surface area (Å²) >= 11 is 23.7. The number of phenolic OH excluding ortho intramolecular Hbond substituents is 1. The molecule has 7 heteroatoms. The minimum Gasteiger partial charge on any atom is -0.505 e. The topological polar surface area (TPSA) is 49.3 Å². The average molecular weight is 353 g/mol. The highest BCUT2D eigenvalue weighted by Gasteiger charge is 2.24. The van der Waals surface area contributed by atoms with Crippen LogP contribution < -0.4 is 5.31 Å². The lowest BCUT2D eigenvalue weighted by molar-refractivity contribution is 0.102. The van der Waals surface area contributed by atoms with E-state index in [1.807, 2.05) is 0 Å². The Labute approximate surface area is 138 Å². The van der Waals surface area contributed by atoms with Gasteiger partial charge in [0.25, 0.3) is 7.34 Å². The van der Waals surface area contributed by atoms with Crippen molar-refractivity contribution < 1.29 is 11.3 Å². The Balaban J connectivity index is 2.59. The fourth-order valence-electron chi connectivity index (χ4n) is 1.48. The van der Waals surface area contributed by atoms with Gasteiger partial charge in [-0.15, -0.1) is 0 Å². The van der Waals surface area contributed by atoms with Gasteiger partial charge in [0.1, 0.15) is 16.3 Å². The van der Waals surface area contributed by atoms with Crippen molar-refractivity contribution in [2.24, 2.45) is 0 Å². The van der Waals surface area contributed by atoms with Crippen molar-refractivity contribution in [1.29, 1.82) is 1.43 Å². The maximum Gasteiger partial charge on any atom is 0.293 e. The Morgan fingerprint density at radius 3 is 2.25 bits per heavy atom. The van der Waals surface area contributed by atoms with Crippen LogP contribution in [-0.2, 0) is 0 Å². The first-order chi connectivity index (χ1) is 10.4. The summed E-state index contributed by atoms with van der Waals surface area (Å²) < 4.78 is 15.0. The van der Waals surface area contributed by atoms with Crippen molar-refractivity contribution >= 4 is 58.0 Å². The molecule has 0 heterocycles. The zero-order chi connectivity index (χ0) is 16.4. The Morgan fingerprint density at radius 1 is 1.05 bits per heavy atom. The molecule has 2 rings (SSSR count). The molecule has 0 radical (unpaired) electrons. The highest BCUT2D eigenvalue weighted by Crippen LogP contribution is 2.45. The molecule has 1 amide bonds. The summed E-state index contributed by atoms with van der Waals surface area (Å²) in [5.41, 5.74) is -0.0170. The smallest absolute Gasteiger partial charge is 0.293 e. The van der Waals surface area contributed by atoms with Crippen molar-refractivity contribution in [2.45, 2.75) is 0 Å². The van der Waals surface area contributed by atoms with Gasteiger partial charge in [0.05, 0.1) is 15.1 Å². The summed E-state index contributed by atoms with van der Waals surface area (Å²) in [6.07, 6.45) is 0. The van der Waals surface area contributed by atoms with Gasteiger partial charge < -0.3 is 10.4 Å². The predicted octanol–water partition coefficient (Wildman–Crippen LogP) is 5.26. The van der Waals surface area contributed by atoms with Gasteiger partial charge >= 0.3 is 0 Å². The number of halogens is 4. The molecule has 2 aromatic carbocycles. The molecule has 2 aromatic rings. The molecular weight excluding hydrogens is 344 g/mol. The molecule has 0 saturated heterocycles. The van der Waals surface area contributed by atoms with E-state index in [9.17, 15) is 4.79 Å². The number of phenols is 1. The van der Waals surface area contributed by atoms with Crippen molar-refractivity contribution in [3.63, 3.8) is 0 Å². The van der Waals surface area contributed by atoms with Crippen LogP contribution in [0.5, 0.6) is 5.75 Å². The number of anilines is 1. The van der Waals surface area contributed by atoms with Gasteiger partial charge in [0.2, 0.25) is 0 Å². The Morgan fingerprint density at radius 2 is 1.65 bits per heavy atom. The average Bonchev–Trinajstić information content (AvgIpc) is 2.55. The molecule has 0 bridgehead atoms. The lowest BCUT2D eigenvalue weighted by Gasteiger charge is -2.12. The first-order valence-electron chi connectivity index (χ1n) is 6.13. The van der Waals surface area contributed by atoms with Crippen molar-refractivity contribution in [2.75, 3.05) is 5.31 Å². The summed E-state index contributed by atoms with van der Waals surface area (Å²) in [6.45, 7) is 0. The van der Waals surface area contributed by atoms with Crippen LogP contribution in [-0.4, -0.2) is 12.4 Å². The molecule has 20 heavy (non-hydrogen) atoms. The molecule has 0 aliphatic carbocycles. The van der Waals surface area contributed by atoms with Gasteiger partial charge in [-0.25, -0.2) is 0 Å². The largest absolute Gasteiger partial charge is 0.505 e. The van der Waals surface area contributed by atoms with E-state index in [4.69, 9.17) is 49.2 Å². The van der Waals surface area contributed by atoms with Gasteiger partial charge in [0.15, 0.2) is 1.41 Å². The SMILES string of the molecule is [2H]Oc1c(Cl)c(Cl)c(Cl)c(Cl)c1C(=O)N([2H])c1ccccc1. The van der Waals surface area contributed by atoms with Crippen LogP contribution >= 0.6 is 46.4 Å². The van der Waals surface area contributed by atoms with Crippen LogP contribution in [0, 0.1) is 0 Å². The fourth-order valence-corrected chi connectivity index (χ4v) is 2.39. The molecule has 0 aliphatic heterocycles. The van der Waals surface area contributed by atoms with Gasteiger partial charge in [-0.05, 0) is 12.1 Å². The van der Waals surface area contributed by atoms with Gasteiger partial charge in [-0.3, -0.25) is 4.79 Å². The molecule has 0 fully saturated rings. The number of hydrogen-bond donors (Lipinski definition) is 2. The highest BCUT2D eigenvalue weighted by molar-refractivity contribution is 6.53. The number of benzene rings is 2. The third-order valence-corrected chi connectivity index (χ3v) is 4.21. The van der Waals surface area contributed by atoms with E-state index in [1.54, 1.807) is 30.3 Å². The third kappa shape index (κ3) is 2.81. The number of aromatic hydroxyl groups is 1. The molecule has 2 N–H and O–H groups in total. The van der Waals surface area contributed by atoms with E-state index >= 15 is 0 Å². The minimum atomic E-state index is -0.862. The van der Waals surface area contributed by atoms with Crippen molar-refractivity contribution in [1.82, 2.24) is 0 Å². The lowest BCUT2D eigenvalue weighted by Crippen LogP contribution is -2.13. The Bertz CT molecular complexity index is 728. The zero-order valence-electron chi connectivity index (χ0n) is 11.7. The molecule has 0 aromatic heterocycles. The summed E-state index contributed by atoms with van der Waals surface area (Å²) in [6, 6.07) is 8.17. The molecule has 0 spiro atoms. The maximum absolute atomic E-state index is 12.5. The van der Waals surface area contributed by atoms with Crippen LogP contribution in [0.3, 0.4) is 0 Å². The van der Waals surface area contributed by atoms with Gasteiger partial charge in [-0.2, -0.15) is 0 Å². The molecule has 3 nitrogen and oxygen atoms in total. The van der Waals surface area contributed by atoms with Crippen molar-refractivity contribution in [3.05, 3.63) is 56.0 Å². The van der Waals surface area contributed by atoms with Crippen molar-refractivity contribution in [3.8, 4) is 5.75 Å². The second kappa shape index (κ2) is 6.10. The second-order valence-electron chi connectivity index (χ2n) is 3.71. The molecule has 0 atom stereocenters. The first kappa shape index (κ1) is 12.6. The molecular formula is C13H7Cl4NO2. The van der Waals surface area contributed by atoms with Gasteiger partial charge in [-0.1, -0.05) is 64.6 Å². The fraction of sp³-hybridized carbons (Fsp3) is 0. The molecule has 0 saturated carbocycles. The summed E-state index contributed by atoms with van der Waals surface area (Å²) in [5, 5.41) is 4.19. The zero-order valence-corrected chi connectivity index (χ0v) is 12.7. The number of carbonyl (C=O) groups excluding carboxylic acids is 1. The van der Waals surface area contributed by atoms with Crippen LogP contribution in [0.4, 0.5) is 5.69 Å². The number of para-hydroxylation sites is 1. The Hall–Kier alpha value is -1.13. The number of rotatable bonds is 3. The summed E-state index contributed by atoms with van der Waals surface area (Å²) in [5.74, 6) is -1.22. The molecule has 104 valence electrons. The minimum absolute atomic E-state index is 0.136. The number of nitrogens with one attached hydrogen (secondary N) is 1. The predicted molar refractivity (Wildman–Crippen MR) is 82.5 cm³/mol. The first-order valence-corrected chi connectivity index (χ1v) is 6.78. The third-order valence-electron chi connectivity index (χ3n) is 2.42. The summed E-state index contributed by atoms with van der Waals surface area (Å²) in [4.78, 5) is 12.5. The van der Waals surface area contributed by atoms with Crippen LogP contribution in [0.15, 0.2) is 30.3 Å². The van der Waals surface area contributed by atoms with E-state index in [0.29, 0.717) is 11.0 Å². The van der Waals surface area contributed by atoms with Crippen LogP contribution in [0.25, 0.3) is 0 Å². The van der Waals surface area contributed by atoms with E-state index < -0.39 is 5.91 Å². The number of carbonyl (C=O) groups is 1. The second-order valence-corrected chi connectivity index (χ2v) is 5.22. The number of hydrogen-bond acceptors (Lipinski definition) is 2. The molecule has 0 unspecified atom stereocenters. The van der Waals surface area contributed by atoms with E-state index in [0.717, 1.165) is 0 Å². The highest BCUT2D eigenvalue weighted by atomic mass is 35.5. The maximum atomic E-state index is 12.5. The van der Waals surface area contributed by atoms with Crippen LogP contribution in [0.2, 0.25) is 21.5 Å². The van der Waals surface area contributed by atoms with E-state index in [2.05, 4.69) is 5.11 Å². The van der Waals surface area contributed by atoms with Gasteiger partial charge in [0, 0.05) is 5.69 Å². The number of amides is 1. The standard InChI is InChI=1S/C13H7Cl4NO2/c14-8-7(12(19)11(17)10(16)9(8)15)13(20)18-6-4-2-1-3-5-6/h1-5,19H,(H,18,20)/i/hD2. The lowest BCUT2D eigenvalue weighted by atomic mass is 10.1. The van der Waals surface area contributed by atoms with Crippen LogP contribution in [0.1, 0.15) is 10.4 Å². The monoisotopic (exact) mass is 351 g/mol. The molecule has 0 aliphatic rings.